The fourth-order valence-corrected chi connectivity index (χ4v) is 5.65. The number of carbonyl (C=O) groups is 2. The first-order valence-corrected chi connectivity index (χ1v) is 12.2. The molecule has 1 saturated heterocycles. The minimum absolute atomic E-state index is 0.0518. The van der Waals surface area contributed by atoms with Crippen LogP contribution in [-0.2, 0) is 11.3 Å². The van der Waals surface area contributed by atoms with E-state index in [2.05, 4.69) is 28.2 Å². The van der Waals surface area contributed by atoms with Gasteiger partial charge in [-0.3, -0.25) is 14.5 Å². The number of hydrogen-bond donors (Lipinski definition) is 1. The first-order valence-electron chi connectivity index (χ1n) is 11.4. The van der Waals surface area contributed by atoms with Gasteiger partial charge in [-0.25, -0.2) is 9.97 Å². The number of carbonyl (C=O) groups excluding carboxylic acids is 2. The Morgan fingerprint density at radius 1 is 1.28 bits per heavy atom. The Morgan fingerprint density at radius 2 is 2.00 bits per heavy atom. The van der Waals surface area contributed by atoms with E-state index in [0.29, 0.717) is 17.6 Å². The Morgan fingerprint density at radius 3 is 2.66 bits per heavy atom. The molecule has 1 atom stereocenters. The number of anilines is 2. The highest BCUT2D eigenvalue weighted by atomic mass is 32.1. The number of thiazole rings is 1. The van der Waals surface area contributed by atoms with Crippen LogP contribution in [0.3, 0.4) is 0 Å². The number of aromatic nitrogens is 2. The lowest BCUT2D eigenvalue weighted by atomic mass is 10.1. The van der Waals surface area contributed by atoms with Gasteiger partial charge in [0.2, 0.25) is 5.91 Å². The van der Waals surface area contributed by atoms with Gasteiger partial charge in [0.1, 0.15) is 5.82 Å². The van der Waals surface area contributed by atoms with Crippen molar-refractivity contribution in [2.24, 2.45) is 5.92 Å². The monoisotopic (exact) mass is 454 g/mol. The van der Waals surface area contributed by atoms with Crippen molar-refractivity contribution in [2.75, 3.05) is 43.0 Å². The first kappa shape index (κ1) is 21.3. The van der Waals surface area contributed by atoms with E-state index >= 15 is 0 Å². The van der Waals surface area contributed by atoms with Crippen molar-refractivity contribution < 1.29 is 9.59 Å². The van der Waals surface area contributed by atoms with Crippen LogP contribution in [0.15, 0.2) is 6.07 Å². The van der Waals surface area contributed by atoms with Crippen LogP contribution in [0.2, 0.25) is 0 Å². The summed E-state index contributed by atoms with van der Waals surface area (Å²) in [6.45, 7) is 9.72. The maximum Gasteiger partial charge on any atom is 0.258 e. The number of nitrogens with one attached hydrogen (secondary N) is 1. The molecule has 2 aliphatic heterocycles. The van der Waals surface area contributed by atoms with Gasteiger partial charge in [0.05, 0.1) is 21.8 Å². The van der Waals surface area contributed by atoms with Gasteiger partial charge in [0.15, 0.2) is 5.13 Å². The molecule has 1 saturated carbocycles. The normalized spacial score (nSPS) is 19.3. The molecule has 1 N–H and O–H groups in total. The molecule has 0 aromatic carbocycles. The predicted molar refractivity (Wildman–Crippen MR) is 126 cm³/mol. The molecule has 2 aromatic rings. The van der Waals surface area contributed by atoms with Crippen LogP contribution in [-0.4, -0.2) is 66.0 Å². The number of pyridine rings is 1. The first-order chi connectivity index (χ1) is 15.3. The summed E-state index contributed by atoms with van der Waals surface area (Å²) in [5.41, 5.74) is 3.51. The second-order valence-corrected chi connectivity index (χ2v) is 10.1. The predicted octanol–water partition coefficient (Wildman–Crippen LogP) is 2.66. The molecule has 5 rings (SSSR count). The second-order valence-electron chi connectivity index (χ2n) is 9.10. The van der Waals surface area contributed by atoms with Gasteiger partial charge < -0.3 is 15.1 Å². The smallest absolute Gasteiger partial charge is 0.258 e. The van der Waals surface area contributed by atoms with E-state index in [0.717, 1.165) is 59.4 Å². The van der Waals surface area contributed by atoms with Crippen LogP contribution in [0.4, 0.5) is 10.9 Å². The van der Waals surface area contributed by atoms with E-state index < -0.39 is 0 Å². The van der Waals surface area contributed by atoms with Crippen LogP contribution < -0.4 is 15.1 Å². The third kappa shape index (κ3) is 3.67. The van der Waals surface area contributed by atoms with E-state index in [-0.39, 0.29) is 17.9 Å². The fraction of sp³-hybridized carbons (Fsp3) is 0.565. The van der Waals surface area contributed by atoms with Crippen molar-refractivity contribution in [1.82, 2.24) is 20.2 Å². The average molecular weight is 455 g/mol. The molecule has 1 aliphatic carbocycles. The summed E-state index contributed by atoms with van der Waals surface area (Å²) >= 11 is 1.47. The third-order valence-electron chi connectivity index (χ3n) is 6.89. The second kappa shape index (κ2) is 8.12. The van der Waals surface area contributed by atoms with Gasteiger partial charge in [-0.2, -0.15) is 0 Å². The van der Waals surface area contributed by atoms with Crippen LogP contribution >= 0.6 is 11.3 Å². The highest BCUT2D eigenvalue weighted by Crippen LogP contribution is 2.42. The van der Waals surface area contributed by atoms with Crippen LogP contribution in [0.25, 0.3) is 10.6 Å². The van der Waals surface area contributed by atoms with Gasteiger partial charge in [-0.15, -0.1) is 0 Å². The number of nitrogens with zero attached hydrogens (tertiary/aromatic N) is 5. The molecule has 8 nitrogen and oxygen atoms in total. The molecular formula is C23H30N6O2S. The molecule has 0 spiro atoms. The number of aryl methyl sites for hydroxylation is 1. The maximum atomic E-state index is 13.5. The molecular weight excluding hydrogens is 424 g/mol. The van der Waals surface area contributed by atoms with E-state index in [9.17, 15) is 9.59 Å². The van der Waals surface area contributed by atoms with Crippen LogP contribution in [0.1, 0.15) is 48.3 Å². The van der Waals surface area contributed by atoms with Crippen molar-refractivity contribution in [2.45, 2.75) is 46.2 Å². The molecule has 3 aliphatic rings. The van der Waals surface area contributed by atoms with Crippen molar-refractivity contribution >= 4 is 34.1 Å². The van der Waals surface area contributed by atoms with Gasteiger partial charge in [0, 0.05) is 52.7 Å². The van der Waals surface area contributed by atoms with E-state index in [1.165, 1.54) is 31.1 Å². The Bertz CT molecular complexity index is 1070. The number of hydrogen-bond acceptors (Lipinski definition) is 7. The minimum Gasteiger partial charge on any atom is -0.353 e. The van der Waals surface area contributed by atoms with Gasteiger partial charge >= 0.3 is 0 Å². The standard InChI is InChI=1S/C23H30N6O2S/c1-13-20(32-23(25-13)27(4)15(3)30)18-11-17-12-29(14(2)16-5-6-16)22(31)19(17)21(26-18)28-9-7-24-8-10-28/h11,14,16,24H,5-10,12H2,1-4H3/t14-/m0/s1. The molecule has 2 fully saturated rings. The lowest BCUT2D eigenvalue weighted by Gasteiger charge is -2.30. The summed E-state index contributed by atoms with van der Waals surface area (Å²) in [7, 11) is 1.74. The summed E-state index contributed by atoms with van der Waals surface area (Å²) in [5.74, 6) is 1.48. The molecule has 2 aromatic heterocycles. The Labute approximate surface area is 192 Å². The minimum atomic E-state index is -0.0518. The zero-order valence-electron chi connectivity index (χ0n) is 19.1. The molecule has 9 heteroatoms. The fourth-order valence-electron chi connectivity index (χ4n) is 4.62. The number of fused-ring (bicyclic) bond motifs is 1. The molecule has 0 radical (unpaired) electrons. The highest BCUT2D eigenvalue weighted by Gasteiger charge is 2.41. The summed E-state index contributed by atoms with van der Waals surface area (Å²) in [5, 5.41) is 4.05. The molecule has 4 heterocycles. The number of rotatable bonds is 5. The molecule has 2 amide bonds. The lowest BCUT2D eigenvalue weighted by Crippen LogP contribution is -2.44. The Kier molecular flexibility index (Phi) is 5.41. The van der Waals surface area contributed by atoms with Gasteiger partial charge in [-0.05, 0) is 44.2 Å². The summed E-state index contributed by atoms with van der Waals surface area (Å²) < 4.78 is 0. The van der Waals surface area contributed by atoms with Crippen LogP contribution in [0, 0.1) is 12.8 Å². The SMILES string of the molecule is CC(=O)N(C)c1nc(C)c(-c2cc3c(c(N4CCNCC4)n2)C(=O)N([C@@H](C)C2CC2)C3)s1. The van der Waals surface area contributed by atoms with Gasteiger partial charge in [-0.1, -0.05) is 11.3 Å². The quantitative estimate of drug-likeness (QED) is 0.748. The molecule has 0 unspecified atom stereocenters. The lowest BCUT2D eigenvalue weighted by molar-refractivity contribution is -0.116. The summed E-state index contributed by atoms with van der Waals surface area (Å²) in [6, 6.07) is 2.33. The van der Waals surface area contributed by atoms with Crippen molar-refractivity contribution in [3.05, 3.63) is 22.9 Å². The zero-order valence-corrected chi connectivity index (χ0v) is 20.0. The van der Waals surface area contributed by atoms with E-state index in [4.69, 9.17) is 4.98 Å². The molecule has 170 valence electrons. The number of amides is 2. The van der Waals surface area contributed by atoms with Gasteiger partial charge in [0.25, 0.3) is 5.91 Å². The van der Waals surface area contributed by atoms with E-state index in [1.54, 1.807) is 11.9 Å². The average Bonchev–Trinajstić information content (AvgIpc) is 3.49. The van der Waals surface area contributed by atoms with Crippen LogP contribution in [0.5, 0.6) is 0 Å². The third-order valence-corrected chi connectivity index (χ3v) is 8.14. The van der Waals surface area contributed by atoms with Crippen molar-refractivity contribution in [3.8, 4) is 10.6 Å². The topological polar surface area (TPSA) is 81.7 Å². The van der Waals surface area contributed by atoms with Crippen molar-refractivity contribution in [3.63, 3.8) is 0 Å². The summed E-state index contributed by atoms with van der Waals surface area (Å²) in [6.07, 6.45) is 2.42. The highest BCUT2D eigenvalue weighted by molar-refractivity contribution is 7.19. The van der Waals surface area contributed by atoms with Crippen molar-refractivity contribution in [1.29, 1.82) is 0 Å². The maximum absolute atomic E-state index is 13.5. The summed E-state index contributed by atoms with van der Waals surface area (Å²) in [4.78, 5) is 41.8. The molecule has 0 bridgehead atoms. The Balaban J connectivity index is 1.58. The Hall–Kier alpha value is -2.52. The number of piperazine rings is 1. The largest absolute Gasteiger partial charge is 0.353 e. The molecule has 32 heavy (non-hydrogen) atoms. The zero-order chi connectivity index (χ0) is 22.6. The van der Waals surface area contributed by atoms with E-state index in [1.807, 2.05) is 11.8 Å².